The monoisotopic (exact) mass is 427 g/mol. The van der Waals surface area contributed by atoms with E-state index in [1.54, 1.807) is 11.6 Å². The molecule has 0 unspecified atom stereocenters. The Balaban J connectivity index is 1.74. The smallest absolute Gasteiger partial charge is 0.280 e. The first kappa shape index (κ1) is 20.3. The number of aromatic nitrogens is 5. The van der Waals surface area contributed by atoms with Crippen LogP contribution in [0.3, 0.4) is 0 Å². The molecule has 0 aliphatic rings. The van der Waals surface area contributed by atoms with Crippen LogP contribution in [0.15, 0.2) is 18.6 Å². The fourth-order valence-electron chi connectivity index (χ4n) is 3.42. The van der Waals surface area contributed by atoms with E-state index in [9.17, 15) is 4.79 Å². The van der Waals surface area contributed by atoms with Crippen molar-refractivity contribution in [2.24, 2.45) is 0 Å². The molecule has 0 saturated heterocycles. The maximum Gasteiger partial charge on any atom is 0.280 e. The van der Waals surface area contributed by atoms with Gasteiger partial charge in [-0.15, -0.1) is 0 Å². The summed E-state index contributed by atoms with van der Waals surface area (Å²) in [6.07, 6.45) is 3.42. The van der Waals surface area contributed by atoms with E-state index in [0.29, 0.717) is 22.9 Å². The number of likely N-dealkylation sites (N-methyl/N-ethyl adjacent to an activating group) is 1. The Morgan fingerprint density at radius 2 is 2.20 bits per heavy atom. The Hall–Kier alpha value is -2.98. The van der Waals surface area contributed by atoms with Gasteiger partial charge in [0.05, 0.1) is 12.8 Å². The Bertz CT molecular complexity index is 1200. The second-order valence-electron chi connectivity index (χ2n) is 7.65. The molecule has 0 aliphatic carbocycles. The fourth-order valence-corrected chi connectivity index (χ4v) is 4.33. The molecule has 0 bridgehead atoms. The number of hydrogen-bond donors (Lipinski definition) is 2. The van der Waals surface area contributed by atoms with Crippen molar-refractivity contribution in [1.29, 1.82) is 0 Å². The van der Waals surface area contributed by atoms with Crippen molar-refractivity contribution in [2.45, 2.75) is 19.8 Å². The Morgan fingerprint density at radius 3 is 2.90 bits per heavy atom. The van der Waals surface area contributed by atoms with Crippen LogP contribution in [0.5, 0.6) is 5.75 Å². The van der Waals surface area contributed by atoms with Gasteiger partial charge in [0.15, 0.2) is 16.4 Å². The summed E-state index contributed by atoms with van der Waals surface area (Å²) in [7, 11) is 5.56. The molecule has 1 amide bonds. The van der Waals surface area contributed by atoms with Crippen LogP contribution >= 0.6 is 11.3 Å². The summed E-state index contributed by atoms with van der Waals surface area (Å²) in [5.41, 5.74) is 4.44. The van der Waals surface area contributed by atoms with E-state index in [0.717, 1.165) is 33.7 Å². The Labute approximate surface area is 178 Å². The molecule has 4 aromatic heterocycles. The van der Waals surface area contributed by atoms with Gasteiger partial charge in [-0.1, -0.05) is 25.2 Å². The van der Waals surface area contributed by atoms with Gasteiger partial charge >= 0.3 is 0 Å². The van der Waals surface area contributed by atoms with E-state index >= 15 is 0 Å². The minimum absolute atomic E-state index is 0.145. The number of carbonyl (C=O) groups excluding carboxylic acids is 1. The summed E-state index contributed by atoms with van der Waals surface area (Å²) in [5.74, 6) is 0.706. The van der Waals surface area contributed by atoms with Crippen molar-refractivity contribution < 1.29 is 9.53 Å². The van der Waals surface area contributed by atoms with Gasteiger partial charge in [0.1, 0.15) is 16.7 Å². The molecule has 158 valence electrons. The topological polar surface area (TPSA) is 100 Å². The molecule has 0 atom stereocenters. The van der Waals surface area contributed by atoms with Gasteiger partial charge in [0, 0.05) is 30.4 Å². The first-order chi connectivity index (χ1) is 14.4. The molecule has 0 fully saturated rings. The van der Waals surface area contributed by atoms with E-state index in [2.05, 4.69) is 39.2 Å². The average molecular weight is 428 g/mol. The van der Waals surface area contributed by atoms with Crippen LogP contribution in [0.1, 0.15) is 35.1 Å². The zero-order chi connectivity index (χ0) is 21.4. The third kappa shape index (κ3) is 3.63. The third-order valence-electron chi connectivity index (χ3n) is 4.86. The predicted molar refractivity (Wildman–Crippen MR) is 117 cm³/mol. The van der Waals surface area contributed by atoms with E-state index in [-0.39, 0.29) is 11.8 Å². The maximum absolute atomic E-state index is 12.5. The van der Waals surface area contributed by atoms with Gasteiger partial charge in [0.25, 0.3) is 5.91 Å². The van der Waals surface area contributed by atoms with Gasteiger partial charge in [-0.2, -0.15) is 5.10 Å². The van der Waals surface area contributed by atoms with Crippen molar-refractivity contribution >= 4 is 33.2 Å². The summed E-state index contributed by atoms with van der Waals surface area (Å²) < 4.78 is 7.20. The van der Waals surface area contributed by atoms with E-state index < -0.39 is 0 Å². The summed E-state index contributed by atoms with van der Waals surface area (Å²) in [4.78, 5) is 27.8. The van der Waals surface area contributed by atoms with Crippen molar-refractivity contribution in [3.05, 3.63) is 29.2 Å². The minimum Gasteiger partial charge on any atom is -0.493 e. The summed E-state index contributed by atoms with van der Waals surface area (Å²) in [5, 5.41) is 7.64. The van der Waals surface area contributed by atoms with Crippen LogP contribution in [0, 0.1) is 0 Å². The number of rotatable bonds is 7. The van der Waals surface area contributed by atoms with E-state index in [1.807, 2.05) is 31.3 Å². The number of nitrogens with zero attached hydrogens (tertiary/aromatic N) is 5. The lowest BCUT2D eigenvalue weighted by Crippen LogP contribution is -2.31. The molecule has 4 rings (SSSR count). The molecule has 4 heterocycles. The first-order valence-electron chi connectivity index (χ1n) is 9.72. The second kappa shape index (κ2) is 8.04. The molecule has 0 radical (unpaired) electrons. The summed E-state index contributed by atoms with van der Waals surface area (Å²) >= 11 is 1.37. The highest BCUT2D eigenvalue weighted by Gasteiger charge is 2.23. The van der Waals surface area contributed by atoms with Crippen LogP contribution in [0.25, 0.3) is 27.3 Å². The van der Waals surface area contributed by atoms with E-state index in [4.69, 9.17) is 4.74 Å². The number of ether oxygens (including phenoxy) is 1. The number of methoxy groups -OCH3 is 1. The highest BCUT2D eigenvalue weighted by Crippen LogP contribution is 2.38. The number of pyridine rings is 1. The molecule has 9 nitrogen and oxygen atoms in total. The Morgan fingerprint density at radius 1 is 1.40 bits per heavy atom. The zero-order valence-corrected chi connectivity index (χ0v) is 18.5. The molecule has 10 heteroatoms. The normalized spacial score (nSPS) is 11.8. The van der Waals surface area contributed by atoms with Gasteiger partial charge in [-0.05, 0) is 26.1 Å². The number of nitrogens with one attached hydrogen (secondary N) is 2. The lowest BCUT2D eigenvalue weighted by Gasteiger charge is -2.10. The van der Waals surface area contributed by atoms with Crippen molar-refractivity contribution in [1.82, 2.24) is 34.8 Å². The molecule has 0 aromatic carbocycles. The van der Waals surface area contributed by atoms with Gasteiger partial charge in [0.2, 0.25) is 0 Å². The lowest BCUT2D eigenvalue weighted by molar-refractivity contribution is 0.0951. The molecular formula is C20H25N7O2S. The lowest BCUT2D eigenvalue weighted by atomic mass is 9.99. The minimum atomic E-state index is -0.145. The number of fused-ring (bicyclic) bond motifs is 2. The number of thiazole rings is 1. The SMILES string of the molecule is COc1cc(-c2[nH]c3sc(C(=O)NCCN(C)C)nc3c2C(C)C)cn2ncnc12. The Kier molecular flexibility index (Phi) is 5.44. The highest BCUT2D eigenvalue weighted by molar-refractivity contribution is 7.20. The number of H-pyrrole nitrogens is 1. The standard InChI is InChI=1S/C20H25N7O2S/c1-11(2)14-15(12-8-13(29-5)17-22-10-23-27(17)9-12)24-19-16(14)25-20(30-19)18(28)21-6-7-26(3)4/h8-11,24H,6-7H2,1-5H3,(H,21,28). The van der Waals surface area contributed by atoms with Crippen LogP contribution in [-0.4, -0.2) is 69.7 Å². The van der Waals surface area contributed by atoms with Crippen LogP contribution in [0.2, 0.25) is 0 Å². The first-order valence-corrected chi connectivity index (χ1v) is 10.5. The van der Waals surface area contributed by atoms with Crippen molar-refractivity contribution in [3.8, 4) is 17.0 Å². The van der Waals surface area contributed by atoms with E-state index in [1.165, 1.54) is 17.7 Å². The maximum atomic E-state index is 12.5. The van der Waals surface area contributed by atoms with Gasteiger partial charge in [-0.3, -0.25) is 4.79 Å². The van der Waals surface area contributed by atoms with Crippen LogP contribution in [-0.2, 0) is 0 Å². The second-order valence-corrected chi connectivity index (χ2v) is 8.65. The predicted octanol–water partition coefficient (Wildman–Crippen LogP) is 2.76. The van der Waals surface area contributed by atoms with Crippen molar-refractivity contribution in [2.75, 3.05) is 34.3 Å². The quantitative estimate of drug-likeness (QED) is 0.470. The fraction of sp³-hybridized carbons (Fsp3) is 0.400. The third-order valence-corrected chi connectivity index (χ3v) is 5.83. The number of aromatic amines is 1. The van der Waals surface area contributed by atoms with Gasteiger partial charge in [-0.25, -0.2) is 14.5 Å². The largest absolute Gasteiger partial charge is 0.493 e. The summed E-state index contributed by atoms with van der Waals surface area (Å²) in [6, 6.07) is 1.94. The number of hydrogen-bond acceptors (Lipinski definition) is 7. The number of carbonyl (C=O) groups is 1. The molecule has 30 heavy (non-hydrogen) atoms. The molecule has 4 aromatic rings. The highest BCUT2D eigenvalue weighted by atomic mass is 32.1. The van der Waals surface area contributed by atoms with Crippen LogP contribution in [0.4, 0.5) is 0 Å². The molecular weight excluding hydrogens is 402 g/mol. The molecule has 0 saturated carbocycles. The molecule has 0 spiro atoms. The molecule has 2 N–H and O–H groups in total. The van der Waals surface area contributed by atoms with Gasteiger partial charge < -0.3 is 19.9 Å². The van der Waals surface area contributed by atoms with Crippen LogP contribution < -0.4 is 10.1 Å². The van der Waals surface area contributed by atoms with Crippen molar-refractivity contribution in [3.63, 3.8) is 0 Å². The summed E-state index contributed by atoms with van der Waals surface area (Å²) in [6.45, 7) is 5.60. The zero-order valence-electron chi connectivity index (χ0n) is 17.7. The number of amides is 1. The average Bonchev–Trinajstić information content (AvgIpc) is 3.39. The molecule has 0 aliphatic heterocycles.